The summed E-state index contributed by atoms with van der Waals surface area (Å²) in [6, 6.07) is 16.2. The minimum absolute atomic E-state index is 0.0383. The van der Waals surface area contributed by atoms with Crippen molar-refractivity contribution in [2.45, 2.75) is 18.6 Å². The van der Waals surface area contributed by atoms with Crippen molar-refractivity contribution in [2.75, 3.05) is 20.2 Å². The van der Waals surface area contributed by atoms with Crippen molar-refractivity contribution < 1.29 is 17.9 Å². The highest BCUT2D eigenvalue weighted by atomic mass is 32.2. The summed E-state index contributed by atoms with van der Waals surface area (Å²) < 4.78 is 32.3. The normalized spacial score (nSPS) is 18.4. The van der Waals surface area contributed by atoms with E-state index in [2.05, 4.69) is 0 Å². The van der Waals surface area contributed by atoms with E-state index in [1.54, 1.807) is 30.3 Å². The second kappa shape index (κ2) is 8.01. The highest BCUT2D eigenvalue weighted by Crippen LogP contribution is 2.27. The SMILES string of the molecule is COc1ccccc1C(=O)C1CCCN(S(=O)(=O)Cc2ccccc2)C1. The Labute approximate surface area is 154 Å². The Bertz CT molecular complexity index is 864. The lowest BCUT2D eigenvalue weighted by Crippen LogP contribution is -2.42. The highest BCUT2D eigenvalue weighted by Gasteiger charge is 2.33. The van der Waals surface area contributed by atoms with Crippen LogP contribution in [0.1, 0.15) is 28.8 Å². The van der Waals surface area contributed by atoms with Crippen LogP contribution in [0.5, 0.6) is 5.75 Å². The fraction of sp³-hybridized carbons (Fsp3) is 0.350. The number of Topliss-reactive ketones (excluding diaryl/α,β-unsaturated/α-hetero) is 1. The van der Waals surface area contributed by atoms with Crippen LogP contribution in [0, 0.1) is 5.92 Å². The predicted octanol–water partition coefficient (Wildman–Crippen LogP) is 3.12. The van der Waals surface area contributed by atoms with Gasteiger partial charge in [-0.3, -0.25) is 4.79 Å². The maximum Gasteiger partial charge on any atom is 0.218 e. The molecule has 3 rings (SSSR count). The van der Waals surface area contributed by atoms with Gasteiger partial charge in [0.05, 0.1) is 18.4 Å². The Morgan fingerprint density at radius 2 is 1.81 bits per heavy atom. The summed E-state index contributed by atoms with van der Waals surface area (Å²) in [7, 11) is -1.92. The van der Waals surface area contributed by atoms with Crippen LogP contribution >= 0.6 is 0 Å². The molecule has 0 N–H and O–H groups in total. The molecule has 26 heavy (non-hydrogen) atoms. The van der Waals surface area contributed by atoms with E-state index < -0.39 is 10.0 Å². The summed E-state index contributed by atoms with van der Waals surface area (Å²) in [5.74, 6) is 0.0954. The van der Waals surface area contributed by atoms with E-state index >= 15 is 0 Å². The third kappa shape index (κ3) is 4.14. The molecule has 2 aromatic rings. The van der Waals surface area contributed by atoms with Crippen molar-refractivity contribution in [3.05, 3.63) is 65.7 Å². The minimum atomic E-state index is -3.45. The number of para-hydroxylation sites is 1. The topological polar surface area (TPSA) is 63.7 Å². The lowest BCUT2D eigenvalue weighted by molar-refractivity contribution is 0.0869. The molecule has 5 nitrogen and oxygen atoms in total. The zero-order chi connectivity index (χ0) is 18.6. The molecule has 1 atom stereocenters. The van der Waals surface area contributed by atoms with Crippen molar-refractivity contribution in [3.63, 3.8) is 0 Å². The number of hydrogen-bond donors (Lipinski definition) is 0. The van der Waals surface area contributed by atoms with Gasteiger partial charge in [0.15, 0.2) is 5.78 Å². The van der Waals surface area contributed by atoms with Gasteiger partial charge in [0.1, 0.15) is 5.75 Å². The maximum atomic E-state index is 12.9. The lowest BCUT2D eigenvalue weighted by atomic mass is 9.90. The molecular weight excluding hydrogens is 350 g/mol. The smallest absolute Gasteiger partial charge is 0.218 e. The second-order valence-corrected chi connectivity index (χ2v) is 8.47. The van der Waals surface area contributed by atoms with Crippen LogP contribution in [0.2, 0.25) is 0 Å². The van der Waals surface area contributed by atoms with Crippen LogP contribution in [0.15, 0.2) is 54.6 Å². The Hall–Kier alpha value is -2.18. The molecular formula is C20H23NO4S. The van der Waals surface area contributed by atoms with Crippen molar-refractivity contribution in [2.24, 2.45) is 5.92 Å². The summed E-state index contributed by atoms with van der Waals surface area (Å²) in [6.07, 6.45) is 1.37. The summed E-state index contributed by atoms with van der Waals surface area (Å²) in [5.41, 5.74) is 1.27. The van der Waals surface area contributed by atoms with Gasteiger partial charge in [0.2, 0.25) is 10.0 Å². The van der Waals surface area contributed by atoms with Crippen molar-refractivity contribution in [1.82, 2.24) is 4.31 Å². The molecule has 1 aliphatic rings. The minimum Gasteiger partial charge on any atom is -0.496 e. The Balaban J connectivity index is 1.75. The number of ether oxygens (including phenoxy) is 1. The molecule has 0 aliphatic carbocycles. The number of methoxy groups -OCH3 is 1. The predicted molar refractivity (Wildman–Crippen MR) is 101 cm³/mol. The van der Waals surface area contributed by atoms with Gasteiger partial charge in [0, 0.05) is 19.0 Å². The number of hydrogen-bond acceptors (Lipinski definition) is 4. The zero-order valence-electron chi connectivity index (χ0n) is 14.8. The Morgan fingerprint density at radius 1 is 1.12 bits per heavy atom. The number of ketones is 1. The van der Waals surface area contributed by atoms with Crippen LogP contribution in [0.3, 0.4) is 0 Å². The first kappa shape index (κ1) is 18.6. The van der Waals surface area contributed by atoms with Gasteiger partial charge >= 0.3 is 0 Å². The highest BCUT2D eigenvalue weighted by molar-refractivity contribution is 7.88. The average molecular weight is 373 g/mol. The first-order valence-corrected chi connectivity index (χ1v) is 10.3. The molecule has 138 valence electrons. The van der Waals surface area contributed by atoms with Gasteiger partial charge in [-0.1, -0.05) is 42.5 Å². The Morgan fingerprint density at radius 3 is 2.54 bits per heavy atom. The van der Waals surface area contributed by atoms with Crippen LogP contribution in [-0.2, 0) is 15.8 Å². The molecule has 0 spiro atoms. The summed E-state index contributed by atoms with van der Waals surface area (Å²) in [4.78, 5) is 12.9. The number of rotatable bonds is 6. The monoisotopic (exact) mass is 373 g/mol. The molecule has 6 heteroatoms. The molecule has 1 aliphatic heterocycles. The lowest BCUT2D eigenvalue weighted by Gasteiger charge is -2.31. The van der Waals surface area contributed by atoms with E-state index in [9.17, 15) is 13.2 Å². The Kier molecular flexibility index (Phi) is 5.74. The van der Waals surface area contributed by atoms with Crippen molar-refractivity contribution >= 4 is 15.8 Å². The van der Waals surface area contributed by atoms with Crippen LogP contribution < -0.4 is 4.74 Å². The molecule has 2 aromatic carbocycles. The van der Waals surface area contributed by atoms with E-state index in [0.29, 0.717) is 30.7 Å². The van der Waals surface area contributed by atoms with E-state index in [1.165, 1.54) is 11.4 Å². The molecule has 0 saturated carbocycles. The fourth-order valence-electron chi connectivity index (χ4n) is 3.35. The molecule has 0 bridgehead atoms. The van der Waals surface area contributed by atoms with Gasteiger partial charge in [-0.05, 0) is 30.5 Å². The zero-order valence-corrected chi connectivity index (χ0v) is 15.6. The summed E-state index contributed by atoms with van der Waals surface area (Å²) in [6.45, 7) is 0.691. The van der Waals surface area contributed by atoms with Gasteiger partial charge < -0.3 is 4.74 Å². The third-order valence-corrected chi connectivity index (χ3v) is 6.53. The van der Waals surface area contributed by atoms with Crippen molar-refractivity contribution in [1.29, 1.82) is 0 Å². The molecule has 1 fully saturated rings. The van der Waals surface area contributed by atoms with E-state index in [0.717, 1.165) is 5.56 Å². The fourth-order valence-corrected chi connectivity index (χ4v) is 4.96. The number of sulfonamides is 1. The number of carbonyl (C=O) groups is 1. The summed E-state index contributed by atoms with van der Waals surface area (Å²) in [5, 5.41) is 0. The summed E-state index contributed by atoms with van der Waals surface area (Å²) >= 11 is 0. The first-order chi connectivity index (χ1) is 12.5. The maximum absolute atomic E-state index is 12.9. The third-order valence-electron chi connectivity index (χ3n) is 4.71. The molecule has 1 heterocycles. The number of nitrogens with zero attached hydrogens (tertiary/aromatic N) is 1. The van der Waals surface area contributed by atoms with E-state index in [1.807, 2.05) is 24.3 Å². The number of carbonyl (C=O) groups excluding carboxylic acids is 1. The van der Waals surface area contributed by atoms with Gasteiger partial charge in [0.25, 0.3) is 0 Å². The molecule has 0 radical (unpaired) electrons. The van der Waals surface area contributed by atoms with Gasteiger partial charge in [-0.2, -0.15) is 0 Å². The molecule has 1 saturated heterocycles. The number of benzene rings is 2. The quantitative estimate of drug-likeness (QED) is 0.730. The van der Waals surface area contributed by atoms with E-state index in [-0.39, 0.29) is 24.0 Å². The van der Waals surface area contributed by atoms with Gasteiger partial charge in [-0.15, -0.1) is 0 Å². The molecule has 0 amide bonds. The molecule has 0 aromatic heterocycles. The van der Waals surface area contributed by atoms with Crippen LogP contribution in [0.25, 0.3) is 0 Å². The molecule has 1 unspecified atom stereocenters. The van der Waals surface area contributed by atoms with Crippen molar-refractivity contribution in [3.8, 4) is 5.75 Å². The number of piperidine rings is 1. The first-order valence-electron chi connectivity index (χ1n) is 8.70. The van der Waals surface area contributed by atoms with E-state index in [4.69, 9.17) is 4.74 Å². The van der Waals surface area contributed by atoms with Crippen LogP contribution in [-0.4, -0.2) is 38.7 Å². The largest absolute Gasteiger partial charge is 0.496 e. The second-order valence-electron chi connectivity index (χ2n) is 6.50. The van der Waals surface area contributed by atoms with Crippen LogP contribution in [0.4, 0.5) is 0 Å². The standard InChI is InChI=1S/C20H23NO4S/c1-25-19-12-6-5-11-18(19)20(22)17-10-7-13-21(14-17)26(23,24)15-16-8-3-2-4-9-16/h2-6,8-9,11-12,17H,7,10,13-15H2,1H3. The average Bonchev–Trinajstić information content (AvgIpc) is 2.68. The van der Waals surface area contributed by atoms with Gasteiger partial charge in [-0.25, -0.2) is 12.7 Å².